The predicted octanol–water partition coefficient (Wildman–Crippen LogP) is 1.77. The smallest absolute Gasteiger partial charge is 0.289 e. The fourth-order valence-corrected chi connectivity index (χ4v) is 4.14. The summed E-state index contributed by atoms with van der Waals surface area (Å²) >= 11 is 0. The van der Waals surface area contributed by atoms with Gasteiger partial charge in [0.2, 0.25) is 0 Å². The first-order chi connectivity index (χ1) is 12.5. The fraction of sp³-hybridized carbons (Fsp3) is 0.789. The molecule has 3 aliphatic heterocycles. The van der Waals surface area contributed by atoms with Gasteiger partial charge in [-0.2, -0.15) is 0 Å². The van der Waals surface area contributed by atoms with Gasteiger partial charge in [-0.3, -0.25) is 19.5 Å². The maximum absolute atomic E-state index is 12.8. The number of unbranched alkanes of at least 4 members (excludes halogenated alkanes) is 2. The number of fused-ring (bicyclic) bond motifs is 1. The number of imide groups is 1. The summed E-state index contributed by atoms with van der Waals surface area (Å²) in [6, 6.07) is -0.213. The minimum absolute atomic E-state index is 0.162. The Balaban J connectivity index is 1.89. The summed E-state index contributed by atoms with van der Waals surface area (Å²) < 4.78 is 2.15. The van der Waals surface area contributed by atoms with Crippen molar-refractivity contribution in [1.82, 2.24) is 14.7 Å². The number of urea groups is 1. The summed E-state index contributed by atoms with van der Waals surface area (Å²) in [5, 5.41) is 0. The zero-order chi connectivity index (χ0) is 18.8. The van der Waals surface area contributed by atoms with Gasteiger partial charge in [-0.25, -0.2) is 9.37 Å². The topological polar surface area (TPSA) is 59.2 Å². The molecular formula is C19H32N5O2+. The number of aliphatic imine (C=N–C) groups is 1. The molecule has 3 rings (SSSR count). The van der Waals surface area contributed by atoms with Gasteiger partial charge in [0.15, 0.2) is 0 Å². The fourth-order valence-electron chi connectivity index (χ4n) is 4.14. The molecule has 3 aliphatic rings. The van der Waals surface area contributed by atoms with Gasteiger partial charge >= 0.3 is 11.9 Å². The molecule has 144 valence electrons. The normalized spacial score (nSPS) is 27.3. The lowest BCUT2D eigenvalue weighted by atomic mass is 10.0. The number of amides is 3. The van der Waals surface area contributed by atoms with E-state index in [9.17, 15) is 9.59 Å². The Bertz CT molecular complexity index is 642. The molecule has 2 saturated heterocycles. The Labute approximate surface area is 156 Å². The zero-order valence-corrected chi connectivity index (χ0v) is 16.6. The molecule has 2 unspecified atom stereocenters. The Morgan fingerprint density at radius 2 is 1.92 bits per heavy atom. The van der Waals surface area contributed by atoms with Crippen molar-refractivity contribution < 1.29 is 14.2 Å². The molecule has 3 amide bonds. The van der Waals surface area contributed by atoms with Crippen LogP contribution in [0.4, 0.5) is 4.79 Å². The van der Waals surface area contributed by atoms with Crippen molar-refractivity contribution in [1.29, 1.82) is 0 Å². The second-order valence-electron chi connectivity index (χ2n) is 7.74. The molecule has 2 atom stereocenters. The SMILES string of the molecule is CCCCC[N+]1=C(CN2CCCCC2C)N=C2C1C(=O)N(C)C(=O)N2C. The second kappa shape index (κ2) is 7.86. The average Bonchev–Trinajstić information content (AvgIpc) is 2.99. The molecular weight excluding hydrogens is 330 g/mol. The molecule has 0 aliphatic carbocycles. The maximum atomic E-state index is 12.8. The number of carbonyl (C=O) groups excluding carboxylic acids is 2. The summed E-state index contributed by atoms with van der Waals surface area (Å²) in [4.78, 5) is 35.2. The van der Waals surface area contributed by atoms with E-state index >= 15 is 0 Å². The van der Waals surface area contributed by atoms with Gasteiger partial charge in [0.25, 0.3) is 17.8 Å². The Morgan fingerprint density at radius 1 is 1.15 bits per heavy atom. The van der Waals surface area contributed by atoms with Gasteiger partial charge in [-0.15, -0.1) is 0 Å². The highest BCUT2D eigenvalue weighted by molar-refractivity contribution is 6.23. The van der Waals surface area contributed by atoms with Crippen molar-refractivity contribution in [2.24, 2.45) is 4.99 Å². The molecule has 0 bridgehead atoms. The third kappa shape index (κ3) is 3.41. The number of rotatable bonds is 6. The molecule has 7 nitrogen and oxygen atoms in total. The van der Waals surface area contributed by atoms with Gasteiger partial charge < -0.3 is 0 Å². The lowest BCUT2D eigenvalue weighted by Crippen LogP contribution is -2.61. The van der Waals surface area contributed by atoms with Gasteiger partial charge in [-0.1, -0.05) is 19.8 Å². The third-order valence-electron chi connectivity index (χ3n) is 5.90. The number of likely N-dealkylation sites (N-methyl/N-ethyl adjacent to an activating group) is 2. The van der Waals surface area contributed by atoms with E-state index in [1.807, 2.05) is 0 Å². The van der Waals surface area contributed by atoms with Crippen LogP contribution in [0.3, 0.4) is 0 Å². The van der Waals surface area contributed by atoms with Crippen LogP contribution in [0.2, 0.25) is 0 Å². The minimum atomic E-state index is -0.449. The minimum Gasteiger partial charge on any atom is -0.289 e. The van der Waals surface area contributed by atoms with Crippen LogP contribution in [0.25, 0.3) is 0 Å². The Hall–Kier alpha value is -1.76. The van der Waals surface area contributed by atoms with E-state index in [0.29, 0.717) is 11.9 Å². The van der Waals surface area contributed by atoms with E-state index in [1.54, 1.807) is 14.1 Å². The summed E-state index contributed by atoms with van der Waals surface area (Å²) in [6.45, 7) is 7.09. The molecule has 0 aromatic rings. The molecule has 7 heteroatoms. The van der Waals surface area contributed by atoms with Crippen LogP contribution in [0.15, 0.2) is 4.99 Å². The van der Waals surface area contributed by atoms with Crippen LogP contribution in [-0.2, 0) is 4.79 Å². The second-order valence-corrected chi connectivity index (χ2v) is 7.74. The number of likely N-dealkylation sites (tertiary alicyclic amines) is 1. The number of hydrogen-bond donors (Lipinski definition) is 0. The van der Waals surface area contributed by atoms with Crippen molar-refractivity contribution in [3.63, 3.8) is 0 Å². The first kappa shape index (κ1) is 19.0. The summed E-state index contributed by atoms with van der Waals surface area (Å²) in [5.41, 5.74) is 0. The predicted molar refractivity (Wildman–Crippen MR) is 102 cm³/mol. The highest BCUT2D eigenvalue weighted by atomic mass is 16.2. The van der Waals surface area contributed by atoms with Gasteiger partial charge in [0.05, 0.1) is 6.54 Å². The van der Waals surface area contributed by atoms with Crippen LogP contribution in [0.1, 0.15) is 52.4 Å². The number of piperidine rings is 1. The average molecular weight is 362 g/mol. The Morgan fingerprint density at radius 3 is 2.62 bits per heavy atom. The van der Waals surface area contributed by atoms with Gasteiger partial charge in [0.1, 0.15) is 6.54 Å². The van der Waals surface area contributed by atoms with Crippen LogP contribution in [0.5, 0.6) is 0 Å². The van der Waals surface area contributed by atoms with E-state index in [1.165, 1.54) is 29.1 Å². The van der Waals surface area contributed by atoms with Crippen molar-refractivity contribution in [3.8, 4) is 0 Å². The van der Waals surface area contributed by atoms with E-state index in [2.05, 4.69) is 23.3 Å². The molecule has 0 saturated carbocycles. The van der Waals surface area contributed by atoms with Crippen LogP contribution >= 0.6 is 0 Å². The van der Waals surface area contributed by atoms with Gasteiger partial charge in [-0.05, 0) is 44.1 Å². The molecule has 2 fully saturated rings. The van der Waals surface area contributed by atoms with Crippen molar-refractivity contribution in [2.45, 2.75) is 64.5 Å². The molecule has 26 heavy (non-hydrogen) atoms. The van der Waals surface area contributed by atoms with Crippen LogP contribution in [0, 0.1) is 0 Å². The van der Waals surface area contributed by atoms with Crippen molar-refractivity contribution >= 4 is 23.6 Å². The highest BCUT2D eigenvalue weighted by Gasteiger charge is 2.52. The third-order valence-corrected chi connectivity index (χ3v) is 5.90. The molecule has 0 spiro atoms. The van der Waals surface area contributed by atoms with Crippen LogP contribution < -0.4 is 0 Å². The van der Waals surface area contributed by atoms with E-state index in [0.717, 1.165) is 44.7 Å². The molecule has 0 aromatic carbocycles. The largest absolute Gasteiger partial charge is 0.333 e. The number of nitrogens with zero attached hydrogens (tertiary/aromatic N) is 5. The van der Waals surface area contributed by atoms with Crippen molar-refractivity contribution in [2.75, 3.05) is 33.7 Å². The number of carbonyl (C=O) groups is 2. The first-order valence-electron chi connectivity index (χ1n) is 9.96. The van der Waals surface area contributed by atoms with Gasteiger partial charge in [0, 0.05) is 20.1 Å². The van der Waals surface area contributed by atoms with Crippen LogP contribution in [-0.4, -0.2) is 88.7 Å². The van der Waals surface area contributed by atoms with E-state index in [-0.39, 0.29) is 11.9 Å². The maximum Gasteiger partial charge on any atom is 0.333 e. The Kier molecular flexibility index (Phi) is 5.75. The van der Waals surface area contributed by atoms with Crippen molar-refractivity contribution in [3.05, 3.63) is 0 Å². The summed E-state index contributed by atoms with van der Waals surface area (Å²) in [6.07, 6.45) is 7.01. The summed E-state index contributed by atoms with van der Waals surface area (Å²) in [7, 11) is 3.28. The molecule has 0 N–H and O–H groups in total. The number of amidine groups is 2. The van der Waals surface area contributed by atoms with E-state index < -0.39 is 6.04 Å². The lowest BCUT2D eigenvalue weighted by molar-refractivity contribution is -0.537. The van der Waals surface area contributed by atoms with E-state index in [4.69, 9.17) is 4.99 Å². The quantitative estimate of drug-likeness (QED) is 0.534. The molecule has 0 aromatic heterocycles. The molecule has 3 heterocycles. The lowest BCUT2D eigenvalue weighted by Gasteiger charge is -2.32. The zero-order valence-electron chi connectivity index (χ0n) is 16.6. The first-order valence-corrected chi connectivity index (χ1v) is 9.96. The molecule has 0 radical (unpaired) electrons. The monoisotopic (exact) mass is 362 g/mol. The highest BCUT2D eigenvalue weighted by Crippen LogP contribution is 2.22. The number of hydrogen-bond acceptors (Lipinski definition) is 4. The standard InChI is InChI=1S/C19H32N5O2/c1-5-6-8-12-24-15(13-23-11-9-7-10-14(23)2)20-17-16(24)18(25)22(4)19(26)21(17)3/h14,16H,5-13H2,1-4H3/q+1. The summed E-state index contributed by atoms with van der Waals surface area (Å²) in [5.74, 6) is 1.37.